The number of thioether (sulfide) groups is 1. The van der Waals surface area contributed by atoms with Gasteiger partial charge in [-0.2, -0.15) is 11.8 Å². The van der Waals surface area contributed by atoms with Crippen LogP contribution in [0.15, 0.2) is 29.2 Å². The molecular weight excluding hydrogens is 346 g/mol. The summed E-state index contributed by atoms with van der Waals surface area (Å²) in [6, 6.07) is 6.58. The third-order valence-electron chi connectivity index (χ3n) is 4.06. The summed E-state index contributed by atoms with van der Waals surface area (Å²) in [5.74, 6) is 0.611. The highest BCUT2D eigenvalue weighted by atomic mass is 32.2. The van der Waals surface area contributed by atoms with E-state index in [-0.39, 0.29) is 16.8 Å². The Bertz CT molecular complexity index is 679. The second kappa shape index (κ2) is 8.33. The minimum absolute atomic E-state index is 0.118. The molecule has 0 spiro atoms. The lowest BCUT2D eigenvalue weighted by molar-refractivity contribution is 0.0709. The fourth-order valence-corrected chi connectivity index (χ4v) is 4.40. The molecule has 0 unspecified atom stereocenters. The highest BCUT2D eigenvalue weighted by Gasteiger charge is 2.25. The smallest absolute Gasteiger partial charge is 0.253 e. The van der Waals surface area contributed by atoms with Gasteiger partial charge in [0.25, 0.3) is 5.91 Å². The molecule has 1 aliphatic heterocycles. The lowest BCUT2D eigenvalue weighted by Crippen LogP contribution is -2.51. The molecule has 1 heterocycles. The molecule has 1 aromatic carbocycles. The molecule has 24 heavy (non-hydrogen) atoms. The Morgan fingerprint density at radius 1 is 1.46 bits per heavy atom. The van der Waals surface area contributed by atoms with Gasteiger partial charge in [0.1, 0.15) is 0 Å². The molecule has 1 aromatic rings. The molecule has 134 valence electrons. The summed E-state index contributed by atoms with van der Waals surface area (Å²) in [5.41, 5.74) is 0.420. The van der Waals surface area contributed by atoms with Gasteiger partial charge in [0.05, 0.1) is 4.90 Å². The second-order valence-electron chi connectivity index (χ2n) is 5.95. The second-order valence-corrected chi connectivity index (χ2v) is 8.98. The van der Waals surface area contributed by atoms with Crippen LogP contribution in [-0.4, -0.2) is 74.8 Å². The van der Waals surface area contributed by atoms with Crippen molar-refractivity contribution in [1.82, 2.24) is 14.5 Å². The number of carbonyl (C=O) groups excluding carboxylic acids is 1. The standard InChI is InChI=1S/C16H25N3O3S2/c1-13-12-19(8-7-17-13)16(20)14-5-4-6-15(11-14)24(21,22)18(2)9-10-23-3/h4-6,11,13,17H,7-10,12H2,1-3H3/t13-/m0/s1. The molecule has 6 nitrogen and oxygen atoms in total. The first-order valence-corrected chi connectivity index (χ1v) is 10.8. The molecule has 2 rings (SSSR count). The zero-order chi connectivity index (χ0) is 17.7. The fraction of sp³-hybridized carbons (Fsp3) is 0.562. The van der Waals surface area contributed by atoms with Crippen LogP contribution >= 0.6 is 11.8 Å². The van der Waals surface area contributed by atoms with Crippen LogP contribution in [0.5, 0.6) is 0 Å². The largest absolute Gasteiger partial charge is 0.336 e. The van der Waals surface area contributed by atoms with Crippen molar-refractivity contribution in [1.29, 1.82) is 0 Å². The van der Waals surface area contributed by atoms with Crippen molar-refractivity contribution in [2.45, 2.75) is 17.9 Å². The average Bonchev–Trinajstić information content (AvgIpc) is 2.59. The third-order valence-corrected chi connectivity index (χ3v) is 6.50. The van der Waals surface area contributed by atoms with Crippen molar-refractivity contribution in [3.8, 4) is 0 Å². The van der Waals surface area contributed by atoms with Crippen LogP contribution in [0.2, 0.25) is 0 Å². The van der Waals surface area contributed by atoms with Gasteiger partial charge in [-0.05, 0) is 31.4 Å². The van der Waals surface area contributed by atoms with Crippen molar-refractivity contribution >= 4 is 27.7 Å². The van der Waals surface area contributed by atoms with Crippen molar-refractivity contribution in [3.63, 3.8) is 0 Å². The predicted octanol–water partition coefficient (Wildman–Crippen LogP) is 1.10. The first kappa shape index (κ1) is 19.2. The number of sulfonamides is 1. The molecule has 0 aromatic heterocycles. The lowest BCUT2D eigenvalue weighted by atomic mass is 10.1. The number of hydrogen-bond acceptors (Lipinski definition) is 5. The average molecular weight is 372 g/mol. The fourth-order valence-electron chi connectivity index (χ4n) is 2.61. The Hall–Kier alpha value is -1.09. The van der Waals surface area contributed by atoms with Crippen LogP contribution in [0.25, 0.3) is 0 Å². The predicted molar refractivity (Wildman–Crippen MR) is 98.0 cm³/mol. The number of carbonyl (C=O) groups is 1. The van der Waals surface area contributed by atoms with Crippen molar-refractivity contribution in [2.75, 3.05) is 45.2 Å². The maximum atomic E-state index is 12.7. The van der Waals surface area contributed by atoms with E-state index in [1.165, 1.54) is 10.4 Å². The van der Waals surface area contributed by atoms with Crippen LogP contribution in [0.3, 0.4) is 0 Å². The number of amides is 1. The molecule has 1 fully saturated rings. The van der Waals surface area contributed by atoms with E-state index in [1.54, 1.807) is 41.9 Å². The lowest BCUT2D eigenvalue weighted by Gasteiger charge is -2.32. The van der Waals surface area contributed by atoms with E-state index in [4.69, 9.17) is 0 Å². The molecule has 1 saturated heterocycles. The number of hydrogen-bond donors (Lipinski definition) is 1. The Morgan fingerprint density at radius 2 is 2.21 bits per heavy atom. The van der Waals surface area contributed by atoms with Crippen LogP contribution in [0, 0.1) is 0 Å². The van der Waals surface area contributed by atoms with Gasteiger partial charge in [-0.3, -0.25) is 4.79 Å². The van der Waals surface area contributed by atoms with Crippen LogP contribution < -0.4 is 5.32 Å². The summed E-state index contributed by atoms with van der Waals surface area (Å²) in [6.07, 6.45) is 1.94. The molecule has 0 aliphatic carbocycles. The molecule has 0 radical (unpaired) electrons. The number of nitrogens with zero attached hydrogens (tertiary/aromatic N) is 2. The van der Waals surface area contributed by atoms with E-state index >= 15 is 0 Å². The number of piperazine rings is 1. The Kier molecular flexibility index (Phi) is 6.68. The maximum absolute atomic E-state index is 12.7. The third kappa shape index (κ3) is 4.50. The van der Waals surface area contributed by atoms with Crippen molar-refractivity contribution in [3.05, 3.63) is 29.8 Å². The molecule has 0 bridgehead atoms. The van der Waals surface area contributed by atoms with Crippen LogP contribution in [0.1, 0.15) is 17.3 Å². The van der Waals surface area contributed by atoms with Gasteiger partial charge in [-0.1, -0.05) is 6.07 Å². The number of rotatable bonds is 6. The van der Waals surface area contributed by atoms with Gasteiger partial charge in [0.2, 0.25) is 10.0 Å². The van der Waals surface area contributed by atoms with E-state index in [0.29, 0.717) is 25.2 Å². The summed E-state index contributed by atoms with van der Waals surface area (Å²) >= 11 is 1.60. The molecule has 1 amide bonds. The summed E-state index contributed by atoms with van der Waals surface area (Å²) in [4.78, 5) is 14.6. The van der Waals surface area contributed by atoms with E-state index in [2.05, 4.69) is 5.32 Å². The topological polar surface area (TPSA) is 69.7 Å². The molecule has 1 atom stereocenters. The van der Waals surface area contributed by atoms with Gasteiger partial charge in [-0.15, -0.1) is 0 Å². The van der Waals surface area contributed by atoms with E-state index in [0.717, 1.165) is 12.3 Å². The van der Waals surface area contributed by atoms with Gasteiger partial charge < -0.3 is 10.2 Å². The molecular formula is C16H25N3O3S2. The van der Waals surface area contributed by atoms with E-state index < -0.39 is 10.0 Å². The zero-order valence-corrected chi connectivity index (χ0v) is 16.0. The Balaban J connectivity index is 2.20. The maximum Gasteiger partial charge on any atom is 0.253 e. The van der Waals surface area contributed by atoms with Crippen molar-refractivity contribution in [2.24, 2.45) is 0 Å². The summed E-state index contributed by atoms with van der Waals surface area (Å²) < 4.78 is 26.6. The summed E-state index contributed by atoms with van der Waals surface area (Å²) in [7, 11) is -2.00. The minimum Gasteiger partial charge on any atom is -0.336 e. The van der Waals surface area contributed by atoms with Crippen LogP contribution in [0.4, 0.5) is 0 Å². The summed E-state index contributed by atoms with van der Waals surface area (Å²) in [5, 5.41) is 3.29. The molecule has 0 saturated carbocycles. The molecule has 1 N–H and O–H groups in total. The van der Waals surface area contributed by atoms with Crippen LogP contribution in [-0.2, 0) is 10.0 Å². The first-order chi connectivity index (χ1) is 11.4. The quantitative estimate of drug-likeness (QED) is 0.811. The summed E-state index contributed by atoms with van der Waals surface area (Å²) in [6.45, 7) is 4.48. The van der Waals surface area contributed by atoms with Gasteiger partial charge in [0, 0.05) is 50.6 Å². The molecule has 1 aliphatic rings. The Labute approximate surface area is 148 Å². The normalized spacial score (nSPS) is 18.8. The Morgan fingerprint density at radius 3 is 2.88 bits per heavy atom. The monoisotopic (exact) mass is 371 g/mol. The minimum atomic E-state index is -3.57. The van der Waals surface area contributed by atoms with Gasteiger partial charge in [-0.25, -0.2) is 12.7 Å². The highest BCUT2D eigenvalue weighted by Crippen LogP contribution is 2.18. The number of nitrogens with one attached hydrogen (secondary N) is 1. The van der Waals surface area contributed by atoms with E-state index in [1.807, 2.05) is 13.2 Å². The van der Waals surface area contributed by atoms with Crippen molar-refractivity contribution < 1.29 is 13.2 Å². The number of benzene rings is 1. The van der Waals surface area contributed by atoms with E-state index in [9.17, 15) is 13.2 Å². The molecule has 8 heteroatoms. The first-order valence-electron chi connectivity index (χ1n) is 7.94. The zero-order valence-electron chi connectivity index (χ0n) is 14.4. The SMILES string of the molecule is CSCCN(C)S(=O)(=O)c1cccc(C(=O)N2CCN[C@@H](C)C2)c1. The highest BCUT2D eigenvalue weighted by molar-refractivity contribution is 7.98. The van der Waals surface area contributed by atoms with Gasteiger partial charge >= 0.3 is 0 Å². The van der Waals surface area contributed by atoms with Gasteiger partial charge in [0.15, 0.2) is 0 Å².